The highest BCUT2D eigenvalue weighted by Gasteiger charge is 2.31. The molecule has 33 heavy (non-hydrogen) atoms. The standard InChI is InChI=1S/C23H28N6O3S/c1-3-18-24-15(13-33-18)12-27-7-9-28(10-8-27)22(31)16-11-17(14-5-6-14)25-20-19(16)21(30)26-23(32)29(20)4-2/h11,13-14H,3-10,12H2,1-2H3,(H,26,30,32). The molecule has 0 spiro atoms. The van der Waals surface area contributed by atoms with Crippen LogP contribution in [0, 0.1) is 0 Å². The van der Waals surface area contributed by atoms with Crippen molar-refractivity contribution in [1.82, 2.24) is 29.3 Å². The van der Waals surface area contributed by atoms with Crippen LogP contribution in [-0.4, -0.2) is 61.4 Å². The number of carbonyl (C=O) groups excluding carboxylic acids is 1. The lowest BCUT2D eigenvalue weighted by atomic mass is 10.1. The number of H-pyrrole nitrogens is 1. The Balaban J connectivity index is 1.41. The number of rotatable bonds is 6. The Bertz CT molecular complexity index is 1310. The number of piperazine rings is 1. The van der Waals surface area contributed by atoms with Gasteiger partial charge in [-0.1, -0.05) is 6.92 Å². The van der Waals surface area contributed by atoms with Gasteiger partial charge in [-0.15, -0.1) is 11.3 Å². The summed E-state index contributed by atoms with van der Waals surface area (Å²) < 4.78 is 1.44. The van der Waals surface area contributed by atoms with E-state index in [1.165, 1.54) is 4.57 Å². The van der Waals surface area contributed by atoms with Crippen LogP contribution in [0.5, 0.6) is 0 Å². The number of carbonyl (C=O) groups is 1. The van der Waals surface area contributed by atoms with Crippen molar-refractivity contribution in [2.24, 2.45) is 0 Å². The lowest BCUT2D eigenvalue weighted by Gasteiger charge is -2.34. The number of nitrogens with one attached hydrogen (secondary N) is 1. The molecular weight excluding hydrogens is 440 g/mol. The maximum Gasteiger partial charge on any atom is 0.329 e. The highest BCUT2D eigenvalue weighted by molar-refractivity contribution is 7.09. The third kappa shape index (κ3) is 4.24. The van der Waals surface area contributed by atoms with E-state index in [1.807, 2.05) is 6.92 Å². The van der Waals surface area contributed by atoms with E-state index in [2.05, 4.69) is 32.2 Å². The molecule has 4 heterocycles. The Hall–Kier alpha value is -2.85. The molecule has 0 radical (unpaired) electrons. The highest BCUT2D eigenvalue weighted by Crippen LogP contribution is 2.40. The van der Waals surface area contributed by atoms with Gasteiger partial charge in [0.2, 0.25) is 0 Å². The van der Waals surface area contributed by atoms with Crippen molar-refractivity contribution < 1.29 is 4.79 Å². The van der Waals surface area contributed by atoms with Gasteiger partial charge in [-0.2, -0.15) is 0 Å². The van der Waals surface area contributed by atoms with Crippen molar-refractivity contribution in [3.05, 3.63) is 54.2 Å². The molecule has 1 saturated carbocycles. The number of aryl methyl sites for hydroxylation is 2. The van der Waals surface area contributed by atoms with Crippen LogP contribution < -0.4 is 11.2 Å². The molecule has 2 fully saturated rings. The van der Waals surface area contributed by atoms with Crippen LogP contribution in [0.4, 0.5) is 0 Å². The Kier molecular flexibility index (Phi) is 5.88. The van der Waals surface area contributed by atoms with Crippen molar-refractivity contribution >= 4 is 28.3 Å². The predicted octanol–water partition coefficient (Wildman–Crippen LogP) is 1.96. The molecule has 10 heteroatoms. The second kappa shape index (κ2) is 8.83. The lowest BCUT2D eigenvalue weighted by Crippen LogP contribution is -2.48. The first-order valence-corrected chi connectivity index (χ1v) is 12.5. The molecule has 3 aromatic heterocycles. The van der Waals surface area contributed by atoms with Crippen LogP contribution in [0.2, 0.25) is 0 Å². The summed E-state index contributed by atoms with van der Waals surface area (Å²) in [5, 5.41) is 3.46. The molecule has 1 amide bonds. The maximum absolute atomic E-state index is 13.6. The zero-order valence-corrected chi connectivity index (χ0v) is 19.8. The number of thiazole rings is 1. The summed E-state index contributed by atoms with van der Waals surface area (Å²) in [6, 6.07) is 1.77. The van der Waals surface area contributed by atoms with Gasteiger partial charge in [0.05, 0.1) is 21.7 Å². The summed E-state index contributed by atoms with van der Waals surface area (Å²) in [4.78, 5) is 54.4. The first-order chi connectivity index (χ1) is 16.0. The van der Waals surface area contributed by atoms with Crippen molar-refractivity contribution in [3.8, 4) is 0 Å². The third-order valence-corrected chi connectivity index (χ3v) is 7.50. The quantitative estimate of drug-likeness (QED) is 0.593. The third-order valence-electron chi connectivity index (χ3n) is 6.46. The van der Waals surface area contributed by atoms with Gasteiger partial charge in [0.1, 0.15) is 0 Å². The number of hydrogen-bond donors (Lipinski definition) is 1. The Labute approximate surface area is 195 Å². The Morgan fingerprint density at radius 3 is 2.55 bits per heavy atom. The fourth-order valence-corrected chi connectivity index (χ4v) is 5.17. The zero-order chi connectivity index (χ0) is 23.1. The number of amides is 1. The predicted molar refractivity (Wildman–Crippen MR) is 127 cm³/mol. The summed E-state index contributed by atoms with van der Waals surface area (Å²) >= 11 is 1.69. The zero-order valence-electron chi connectivity index (χ0n) is 19.0. The number of hydrogen-bond acceptors (Lipinski definition) is 7. The van der Waals surface area contributed by atoms with E-state index in [9.17, 15) is 14.4 Å². The lowest BCUT2D eigenvalue weighted by molar-refractivity contribution is 0.0629. The van der Waals surface area contributed by atoms with E-state index in [0.29, 0.717) is 36.8 Å². The molecule has 9 nitrogen and oxygen atoms in total. The molecule has 1 N–H and O–H groups in total. The van der Waals surface area contributed by atoms with Crippen molar-refractivity contribution in [3.63, 3.8) is 0 Å². The Morgan fingerprint density at radius 1 is 1.15 bits per heavy atom. The number of aromatic nitrogens is 4. The average molecular weight is 469 g/mol. The van der Waals surface area contributed by atoms with Crippen LogP contribution in [0.3, 0.4) is 0 Å². The summed E-state index contributed by atoms with van der Waals surface area (Å²) in [6.45, 7) is 7.75. The first-order valence-electron chi connectivity index (χ1n) is 11.6. The monoisotopic (exact) mass is 468 g/mol. The topological polar surface area (TPSA) is 104 Å². The van der Waals surface area contributed by atoms with Gasteiger partial charge < -0.3 is 4.90 Å². The number of nitrogens with zero attached hydrogens (tertiary/aromatic N) is 5. The van der Waals surface area contributed by atoms with Gasteiger partial charge in [0.25, 0.3) is 11.5 Å². The summed E-state index contributed by atoms with van der Waals surface area (Å²) in [5.41, 5.74) is 1.50. The number of aromatic amines is 1. The minimum absolute atomic E-state index is 0.169. The summed E-state index contributed by atoms with van der Waals surface area (Å²) in [7, 11) is 0. The second-order valence-electron chi connectivity index (χ2n) is 8.73. The van der Waals surface area contributed by atoms with E-state index in [-0.39, 0.29) is 11.3 Å². The minimum Gasteiger partial charge on any atom is -0.336 e. The smallest absolute Gasteiger partial charge is 0.329 e. The van der Waals surface area contributed by atoms with Gasteiger partial charge >= 0.3 is 5.69 Å². The summed E-state index contributed by atoms with van der Waals surface area (Å²) in [5.74, 6) is 0.126. The molecule has 1 aliphatic carbocycles. The van der Waals surface area contributed by atoms with Crippen LogP contribution in [0.15, 0.2) is 21.0 Å². The molecule has 3 aromatic rings. The van der Waals surface area contributed by atoms with Crippen molar-refractivity contribution in [2.75, 3.05) is 26.2 Å². The van der Waals surface area contributed by atoms with Gasteiger partial charge in [0, 0.05) is 56.3 Å². The molecule has 0 aromatic carbocycles. The van der Waals surface area contributed by atoms with Crippen LogP contribution in [-0.2, 0) is 19.5 Å². The molecule has 1 saturated heterocycles. The van der Waals surface area contributed by atoms with E-state index < -0.39 is 11.2 Å². The highest BCUT2D eigenvalue weighted by atomic mass is 32.1. The minimum atomic E-state index is -0.549. The van der Waals surface area contributed by atoms with E-state index in [1.54, 1.807) is 22.3 Å². The molecule has 174 valence electrons. The SMILES string of the molecule is CCc1nc(CN2CCN(C(=O)c3cc(C4CC4)nc4c3c(=O)[nH]c(=O)n4CC)CC2)cs1. The first kappa shape index (κ1) is 22.0. The molecule has 5 rings (SSSR count). The molecule has 0 bridgehead atoms. The van der Waals surface area contributed by atoms with Crippen molar-refractivity contribution in [1.29, 1.82) is 0 Å². The summed E-state index contributed by atoms with van der Waals surface area (Å²) in [6.07, 6.45) is 2.97. The Morgan fingerprint density at radius 2 is 1.91 bits per heavy atom. The molecule has 0 unspecified atom stereocenters. The van der Waals surface area contributed by atoms with Gasteiger partial charge in [-0.3, -0.25) is 24.0 Å². The molecule has 0 atom stereocenters. The van der Waals surface area contributed by atoms with E-state index >= 15 is 0 Å². The van der Waals surface area contributed by atoms with Crippen LogP contribution >= 0.6 is 11.3 Å². The van der Waals surface area contributed by atoms with Crippen LogP contribution in [0.1, 0.15) is 59.4 Å². The van der Waals surface area contributed by atoms with E-state index in [4.69, 9.17) is 0 Å². The average Bonchev–Trinajstić information content (AvgIpc) is 3.57. The molecular formula is C23H28N6O3S. The second-order valence-corrected chi connectivity index (χ2v) is 9.67. The van der Waals surface area contributed by atoms with Gasteiger partial charge in [-0.25, -0.2) is 14.8 Å². The normalized spacial score (nSPS) is 17.1. The van der Waals surface area contributed by atoms with Crippen molar-refractivity contribution in [2.45, 2.75) is 52.1 Å². The number of pyridine rings is 1. The number of fused-ring (bicyclic) bond motifs is 1. The molecule has 2 aliphatic rings. The largest absolute Gasteiger partial charge is 0.336 e. The molecule has 1 aliphatic heterocycles. The maximum atomic E-state index is 13.6. The van der Waals surface area contributed by atoms with Gasteiger partial charge in [-0.05, 0) is 32.3 Å². The van der Waals surface area contributed by atoms with Crippen LogP contribution in [0.25, 0.3) is 11.0 Å². The fourth-order valence-electron chi connectivity index (χ4n) is 4.44. The fraction of sp³-hybridized carbons (Fsp3) is 0.522. The van der Waals surface area contributed by atoms with E-state index in [0.717, 1.165) is 55.3 Å². The van der Waals surface area contributed by atoms with Gasteiger partial charge in [0.15, 0.2) is 5.65 Å².